The fraction of sp³-hybridized carbons (Fsp3) is 0.526. The van der Waals surface area contributed by atoms with Crippen molar-refractivity contribution >= 4 is 35.5 Å². The van der Waals surface area contributed by atoms with Gasteiger partial charge in [-0.2, -0.15) is 0 Å². The Labute approximate surface area is 293 Å². The van der Waals surface area contributed by atoms with Crippen LogP contribution in [0.3, 0.4) is 0 Å². The Bertz CT molecular complexity index is 1550. The fourth-order valence-electron chi connectivity index (χ4n) is 7.16. The first-order chi connectivity index (χ1) is 23.9. The highest BCUT2D eigenvalue weighted by molar-refractivity contribution is 5.97. The van der Waals surface area contributed by atoms with Crippen molar-refractivity contribution in [3.63, 3.8) is 0 Å². The van der Waals surface area contributed by atoms with Gasteiger partial charge in [0.1, 0.15) is 30.2 Å². The van der Waals surface area contributed by atoms with Crippen molar-refractivity contribution in [2.45, 2.75) is 102 Å². The van der Waals surface area contributed by atoms with Gasteiger partial charge < -0.3 is 30.1 Å². The van der Waals surface area contributed by atoms with Crippen LogP contribution in [0.4, 0.5) is 0 Å². The molecule has 0 aromatic heterocycles. The van der Waals surface area contributed by atoms with Crippen molar-refractivity contribution in [3.05, 3.63) is 71.8 Å². The second-order valence-electron chi connectivity index (χ2n) is 14.1. The fourth-order valence-corrected chi connectivity index (χ4v) is 7.16. The van der Waals surface area contributed by atoms with E-state index in [4.69, 9.17) is 4.74 Å². The van der Waals surface area contributed by atoms with Crippen LogP contribution in [-0.2, 0) is 46.3 Å². The first-order valence-electron chi connectivity index (χ1n) is 17.7. The molecule has 6 unspecified atom stereocenters. The van der Waals surface area contributed by atoms with Crippen molar-refractivity contribution in [1.82, 2.24) is 25.3 Å². The molecule has 3 aliphatic rings. The summed E-state index contributed by atoms with van der Waals surface area (Å²) >= 11 is 0. The molecular weight excluding hydrogens is 638 g/mol. The Kier molecular flexibility index (Phi) is 11.9. The Morgan fingerprint density at radius 3 is 1.88 bits per heavy atom. The van der Waals surface area contributed by atoms with Crippen LogP contribution >= 0.6 is 0 Å². The molecule has 2 aromatic carbocycles. The van der Waals surface area contributed by atoms with Crippen LogP contribution < -0.4 is 10.6 Å². The number of benzene rings is 2. The normalized spacial score (nSPS) is 27.3. The zero-order valence-electron chi connectivity index (χ0n) is 29.4. The quantitative estimate of drug-likeness (QED) is 0.444. The van der Waals surface area contributed by atoms with Gasteiger partial charge in [-0.15, -0.1) is 0 Å². The third-order valence-corrected chi connectivity index (χ3v) is 9.88. The minimum absolute atomic E-state index is 0.0226. The number of fused-ring (bicyclic) bond motifs is 2. The van der Waals surface area contributed by atoms with Gasteiger partial charge in [-0.3, -0.25) is 24.0 Å². The Morgan fingerprint density at radius 1 is 0.720 bits per heavy atom. The number of amides is 5. The molecular formula is C38H49N5O7. The van der Waals surface area contributed by atoms with Gasteiger partial charge in [-0.1, -0.05) is 74.5 Å². The molecule has 0 aliphatic carbocycles. The van der Waals surface area contributed by atoms with Crippen molar-refractivity contribution in [1.29, 1.82) is 0 Å². The number of nitrogens with one attached hydrogen (secondary N) is 2. The molecule has 3 fully saturated rings. The summed E-state index contributed by atoms with van der Waals surface area (Å²) < 4.78 is 5.78. The first kappa shape index (κ1) is 36.5. The maximum atomic E-state index is 14.4. The van der Waals surface area contributed by atoms with Gasteiger partial charge in [0.25, 0.3) is 5.91 Å². The zero-order valence-corrected chi connectivity index (χ0v) is 29.4. The zero-order chi connectivity index (χ0) is 35.9. The van der Waals surface area contributed by atoms with Gasteiger partial charge in [0.05, 0.1) is 0 Å². The number of esters is 1. The number of ether oxygens (including phenoxy) is 1. The minimum atomic E-state index is -1.18. The highest BCUT2D eigenvalue weighted by Crippen LogP contribution is 2.25. The van der Waals surface area contributed by atoms with Gasteiger partial charge >= 0.3 is 5.97 Å². The van der Waals surface area contributed by atoms with E-state index in [1.54, 1.807) is 0 Å². The molecule has 268 valence electrons. The molecule has 12 nitrogen and oxygen atoms in total. The molecule has 5 amide bonds. The molecule has 5 rings (SSSR count). The number of carbonyl (C=O) groups excluding carboxylic acids is 6. The molecule has 0 saturated carbocycles. The lowest BCUT2D eigenvalue weighted by Gasteiger charge is -2.35. The van der Waals surface area contributed by atoms with Gasteiger partial charge in [0, 0.05) is 33.0 Å². The smallest absolute Gasteiger partial charge is 0.329 e. The Balaban J connectivity index is 1.53. The van der Waals surface area contributed by atoms with Crippen LogP contribution in [-0.4, -0.2) is 107 Å². The highest BCUT2D eigenvalue weighted by atomic mass is 16.5. The molecule has 12 heteroatoms. The third-order valence-electron chi connectivity index (χ3n) is 9.88. The summed E-state index contributed by atoms with van der Waals surface area (Å²) in [6, 6.07) is 13.7. The lowest BCUT2D eigenvalue weighted by atomic mass is 10.0. The van der Waals surface area contributed by atoms with E-state index >= 15 is 0 Å². The first-order valence-corrected chi connectivity index (χ1v) is 17.7. The number of likely N-dealkylation sites (N-methyl/N-ethyl adjacent to an activating group) is 1. The van der Waals surface area contributed by atoms with Gasteiger partial charge in [-0.25, -0.2) is 4.79 Å². The molecule has 3 aliphatic heterocycles. The van der Waals surface area contributed by atoms with Crippen molar-refractivity contribution in [2.24, 2.45) is 5.92 Å². The topological polar surface area (TPSA) is 145 Å². The summed E-state index contributed by atoms with van der Waals surface area (Å²) in [5.74, 6) is -3.13. The third kappa shape index (κ3) is 8.51. The van der Waals surface area contributed by atoms with Crippen molar-refractivity contribution in [3.8, 4) is 0 Å². The number of hydrogen-bond acceptors (Lipinski definition) is 7. The second kappa shape index (κ2) is 16.3. The second-order valence-corrected chi connectivity index (χ2v) is 14.1. The molecule has 0 bridgehead atoms. The average molecular weight is 688 g/mol. The summed E-state index contributed by atoms with van der Waals surface area (Å²) in [5.41, 5.74) is 1.63. The molecule has 3 heterocycles. The summed E-state index contributed by atoms with van der Waals surface area (Å²) in [6.45, 7) is 5.89. The van der Waals surface area contributed by atoms with Gasteiger partial charge in [-0.05, 0) is 56.1 Å². The number of cyclic esters (lactones) is 1. The standard InChI is InChI=1S/C38H49N5O7/c1-24(2)21-32-37(48)42-19-11-17-29(42)33(44)40-28(22-26-13-7-5-8-14-26)35(46)43-20-12-18-30(43)36(47)41(4)31(23-27-15-9-6-10-16-27)34(45)39-25(3)38(49)50-32/h5-10,13-16,24-25,28-32H,11-12,17-23H2,1-4H3,(H,39,45)(H,40,44). The van der Waals surface area contributed by atoms with E-state index in [1.807, 2.05) is 74.5 Å². The maximum Gasteiger partial charge on any atom is 0.329 e. The van der Waals surface area contributed by atoms with Crippen LogP contribution in [0.15, 0.2) is 60.7 Å². The molecule has 2 N–H and O–H groups in total. The van der Waals surface area contributed by atoms with Crippen LogP contribution in [0, 0.1) is 5.92 Å². The largest absolute Gasteiger partial charge is 0.451 e. The lowest BCUT2D eigenvalue weighted by molar-refractivity contribution is -0.164. The molecule has 50 heavy (non-hydrogen) atoms. The summed E-state index contributed by atoms with van der Waals surface area (Å²) in [4.78, 5) is 88.3. The van der Waals surface area contributed by atoms with E-state index in [0.29, 0.717) is 38.8 Å². The number of hydrogen-bond donors (Lipinski definition) is 2. The number of carbonyl (C=O) groups is 6. The number of nitrogens with zero attached hydrogens (tertiary/aromatic N) is 3. The van der Waals surface area contributed by atoms with Crippen LogP contribution in [0.1, 0.15) is 64.0 Å². The molecule has 3 saturated heterocycles. The molecule has 0 spiro atoms. The average Bonchev–Trinajstić information content (AvgIpc) is 3.80. The van der Waals surface area contributed by atoms with E-state index in [2.05, 4.69) is 10.6 Å². The summed E-state index contributed by atoms with van der Waals surface area (Å²) in [6.07, 6.45) is 1.30. The van der Waals surface area contributed by atoms with E-state index in [1.165, 1.54) is 28.7 Å². The number of rotatable bonds is 6. The SMILES string of the molecule is CC(C)CC1OC(=O)C(C)NC(=O)C(Cc2ccccc2)N(C)C(=O)C2CCCN2C(=O)C(Cc2ccccc2)NC(=O)C2CCCN2C1=O. The van der Waals surface area contributed by atoms with E-state index < -0.39 is 71.8 Å². The molecule has 0 radical (unpaired) electrons. The van der Waals surface area contributed by atoms with Crippen molar-refractivity contribution in [2.75, 3.05) is 20.1 Å². The van der Waals surface area contributed by atoms with Crippen LogP contribution in [0.2, 0.25) is 0 Å². The Morgan fingerprint density at radius 2 is 1.28 bits per heavy atom. The summed E-state index contributed by atoms with van der Waals surface area (Å²) in [5, 5.41) is 5.67. The predicted octanol–water partition coefficient (Wildman–Crippen LogP) is 2.24. The monoisotopic (exact) mass is 687 g/mol. The highest BCUT2D eigenvalue weighted by Gasteiger charge is 2.44. The molecule has 2 aromatic rings. The van der Waals surface area contributed by atoms with Gasteiger partial charge in [0.2, 0.25) is 23.6 Å². The van der Waals surface area contributed by atoms with Crippen LogP contribution in [0.25, 0.3) is 0 Å². The van der Waals surface area contributed by atoms with E-state index in [-0.39, 0.29) is 25.2 Å². The molecule has 6 atom stereocenters. The minimum Gasteiger partial charge on any atom is -0.451 e. The Hall–Kier alpha value is -4.74. The lowest BCUT2D eigenvalue weighted by Crippen LogP contribution is -2.60. The van der Waals surface area contributed by atoms with Gasteiger partial charge in [0.15, 0.2) is 6.10 Å². The summed E-state index contributed by atoms with van der Waals surface area (Å²) in [7, 11) is 1.53. The predicted molar refractivity (Wildman–Crippen MR) is 185 cm³/mol. The van der Waals surface area contributed by atoms with E-state index in [9.17, 15) is 28.8 Å². The van der Waals surface area contributed by atoms with Crippen molar-refractivity contribution < 1.29 is 33.5 Å². The maximum absolute atomic E-state index is 14.4. The van der Waals surface area contributed by atoms with Crippen LogP contribution in [0.5, 0.6) is 0 Å². The van der Waals surface area contributed by atoms with E-state index in [0.717, 1.165) is 11.1 Å².